The number of aliphatic hydroxyl groups excluding tert-OH is 1. The second-order valence-corrected chi connectivity index (χ2v) is 6.08. The maximum atomic E-state index is 8.55. The Balaban J connectivity index is 2.99. The molecule has 0 bridgehead atoms. The standard InChI is InChI=1S/C10H19Cl3O/c11-10(12,13)8-6-4-2-1-3-5-7-9-14/h14H,1-9H2. The van der Waals surface area contributed by atoms with Crippen molar-refractivity contribution in [3.05, 3.63) is 0 Å². The molecule has 0 aromatic heterocycles. The van der Waals surface area contributed by atoms with Gasteiger partial charge in [-0.3, -0.25) is 0 Å². The zero-order valence-corrected chi connectivity index (χ0v) is 10.7. The second kappa shape index (κ2) is 9.08. The van der Waals surface area contributed by atoms with Crippen molar-refractivity contribution >= 4 is 34.8 Å². The first-order valence-corrected chi connectivity index (χ1v) is 6.37. The smallest absolute Gasteiger partial charge is 0.190 e. The van der Waals surface area contributed by atoms with Gasteiger partial charge in [0.1, 0.15) is 0 Å². The maximum Gasteiger partial charge on any atom is 0.190 e. The molecule has 86 valence electrons. The number of hydrogen-bond acceptors (Lipinski definition) is 1. The minimum atomic E-state index is -1.07. The van der Waals surface area contributed by atoms with E-state index in [1.807, 2.05) is 0 Å². The van der Waals surface area contributed by atoms with E-state index in [4.69, 9.17) is 39.9 Å². The van der Waals surface area contributed by atoms with E-state index < -0.39 is 3.79 Å². The Labute approximate surface area is 102 Å². The van der Waals surface area contributed by atoms with Crippen LogP contribution in [-0.4, -0.2) is 15.5 Å². The Morgan fingerprint density at radius 1 is 0.714 bits per heavy atom. The number of aliphatic hydroxyl groups is 1. The zero-order valence-electron chi connectivity index (χ0n) is 8.45. The van der Waals surface area contributed by atoms with Gasteiger partial charge >= 0.3 is 0 Å². The van der Waals surface area contributed by atoms with E-state index in [-0.39, 0.29) is 0 Å². The summed E-state index contributed by atoms with van der Waals surface area (Å²) in [5, 5.41) is 8.55. The van der Waals surface area contributed by atoms with Gasteiger partial charge in [0.25, 0.3) is 0 Å². The van der Waals surface area contributed by atoms with Gasteiger partial charge in [-0.25, -0.2) is 0 Å². The molecule has 4 heteroatoms. The Bertz CT molecular complexity index is 123. The highest BCUT2D eigenvalue weighted by Gasteiger charge is 2.17. The van der Waals surface area contributed by atoms with Crippen molar-refractivity contribution in [3.63, 3.8) is 0 Å². The van der Waals surface area contributed by atoms with Crippen LogP contribution >= 0.6 is 34.8 Å². The van der Waals surface area contributed by atoms with Crippen molar-refractivity contribution in [1.82, 2.24) is 0 Å². The number of hydrogen-bond donors (Lipinski definition) is 1. The van der Waals surface area contributed by atoms with Crippen LogP contribution in [0.15, 0.2) is 0 Å². The predicted octanol–water partition coefficient (Wildman–Crippen LogP) is 4.47. The first-order valence-electron chi connectivity index (χ1n) is 5.24. The van der Waals surface area contributed by atoms with Crippen molar-refractivity contribution in [2.45, 2.75) is 55.2 Å². The van der Waals surface area contributed by atoms with Gasteiger partial charge in [0.15, 0.2) is 3.79 Å². The van der Waals surface area contributed by atoms with Crippen LogP contribution < -0.4 is 0 Å². The predicted molar refractivity (Wildman–Crippen MR) is 64.3 cm³/mol. The molecule has 0 unspecified atom stereocenters. The summed E-state index contributed by atoms with van der Waals surface area (Å²) in [5.41, 5.74) is 0. The Hall–Kier alpha value is 0.830. The highest BCUT2D eigenvalue weighted by molar-refractivity contribution is 6.67. The van der Waals surface area contributed by atoms with Crippen molar-refractivity contribution in [2.24, 2.45) is 0 Å². The summed E-state index contributed by atoms with van der Waals surface area (Å²) < 4.78 is -1.07. The van der Waals surface area contributed by atoms with Gasteiger partial charge < -0.3 is 5.11 Å². The molecule has 0 rings (SSSR count). The quantitative estimate of drug-likeness (QED) is 0.505. The summed E-state index contributed by atoms with van der Waals surface area (Å²) >= 11 is 16.9. The molecule has 14 heavy (non-hydrogen) atoms. The molecule has 1 N–H and O–H groups in total. The van der Waals surface area contributed by atoms with E-state index in [0.29, 0.717) is 13.0 Å². The maximum absolute atomic E-state index is 8.55. The first kappa shape index (κ1) is 14.8. The molecular formula is C10H19Cl3O. The Kier molecular flexibility index (Phi) is 9.62. The van der Waals surface area contributed by atoms with Crippen LogP contribution in [-0.2, 0) is 0 Å². The summed E-state index contributed by atoms with van der Waals surface area (Å²) in [6.07, 6.45) is 8.44. The summed E-state index contributed by atoms with van der Waals surface area (Å²) in [4.78, 5) is 0. The van der Waals surface area contributed by atoms with E-state index in [2.05, 4.69) is 0 Å². The molecule has 0 heterocycles. The third-order valence-electron chi connectivity index (χ3n) is 2.12. The number of alkyl halides is 3. The van der Waals surface area contributed by atoms with Crippen LogP contribution in [0.5, 0.6) is 0 Å². The van der Waals surface area contributed by atoms with Gasteiger partial charge in [-0.1, -0.05) is 66.9 Å². The van der Waals surface area contributed by atoms with Gasteiger partial charge in [-0.2, -0.15) is 0 Å². The lowest BCUT2D eigenvalue weighted by molar-refractivity contribution is 0.282. The fourth-order valence-electron chi connectivity index (χ4n) is 1.32. The summed E-state index contributed by atoms with van der Waals surface area (Å²) in [5.74, 6) is 0. The van der Waals surface area contributed by atoms with E-state index in [0.717, 1.165) is 25.7 Å². The van der Waals surface area contributed by atoms with Crippen molar-refractivity contribution < 1.29 is 5.11 Å². The van der Waals surface area contributed by atoms with Crippen LogP contribution in [0.25, 0.3) is 0 Å². The van der Waals surface area contributed by atoms with Crippen LogP contribution in [0.2, 0.25) is 0 Å². The molecule has 0 aromatic carbocycles. The molecule has 0 aromatic rings. The second-order valence-electron chi connectivity index (χ2n) is 3.56. The van der Waals surface area contributed by atoms with Crippen molar-refractivity contribution in [1.29, 1.82) is 0 Å². The normalized spacial score (nSPS) is 12.0. The van der Waals surface area contributed by atoms with Crippen molar-refractivity contribution in [2.75, 3.05) is 6.61 Å². The van der Waals surface area contributed by atoms with E-state index in [1.165, 1.54) is 19.3 Å². The largest absolute Gasteiger partial charge is 0.396 e. The molecule has 0 saturated carbocycles. The van der Waals surface area contributed by atoms with Gasteiger partial charge in [-0.15, -0.1) is 0 Å². The van der Waals surface area contributed by atoms with Crippen LogP contribution in [0.4, 0.5) is 0 Å². The highest BCUT2D eigenvalue weighted by Crippen LogP contribution is 2.32. The van der Waals surface area contributed by atoms with Crippen molar-refractivity contribution in [3.8, 4) is 0 Å². The molecule has 0 atom stereocenters. The third kappa shape index (κ3) is 12.8. The minimum Gasteiger partial charge on any atom is -0.396 e. The molecule has 0 saturated heterocycles. The average Bonchev–Trinajstić information content (AvgIpc) is 2.08. The van der Waals surface area contributed by atoms with Gasteiger partial charge in [0.05, 0.1) is 0 Å². The lowest BCUT2D eigenvalue weighted by Crippen LogP contribution is -2.00. The molecule has 0 amide bonds. The summed E-state index contributed by atoms with van der Waals surface area (Å²) in [6.45, 7) is 0.313. The van der Waals surface area contributed by atoms with Gasteiger partial charge in [0, 0.05) is 6.61 Å². The molecular weight excluding hydrogens is 242 g/mol. The monoisotopic (exact) mass is 260 g/mol. The molecule has 1 nitrogen and oxygen atoms in total. The average molecular weight is 262 g/mol. The summed E-state index contributed by atoms with van der Waals surface area (Å²) in [7, 11) is 0. The van der Waals surface area contributed by atoms with Gasteiger partial charge in [0.2, 0.25) is 0 Å². The lowest BCUT2D eigenvalue weighted by atomic mass is 10.1. The molecule has 0 radical (unpaired) electrons. The fourth-order valence-corrected chi connectivity index (χ4v) is 1.72. The number of rotatable bonds is 8. The number of unbranched alkanes of at least 4 members (excludes halogenated alkanes) is 6. The molecule has 0 aliphatic heterocycles. The zero-order chi connectivity index (χ0) is 10.9. The molecule has 0 spiro atoms. The van der Waals surface area contributed by atoms with Gasteiger partial charge in [-0.05, 0) is 19.3 Å². The topological polar surface area (TPSA) is 20.2 Å². The highest BCUT2D eigenvalue weighted by atomic mass is 35.6. The Morgan fingerprint density at radius 2 is 1.14 bits per heavy atom. The molecule has 0 fully saturated rings. The fraction of sp³-hybridized carbons (Fsp3) is 1.00. The van der Waals surface area contributed by atoms with Crippen LogP contribution in [0.3, 0.4) is 0 Å². The molecule has 0 aliphatic carbocycles. The third-order valence-corrected chi connectivity index (χ3v) is 2.69. The van der Waals surface area contributed by atoms with Crippen LogP contribution in [0, 0.1) is 0 Å². The lowest BCUT2D eigenvalue weighted by Gasteiger charge is -2.09. The van der Waals surface area contributed by atoms with E-state index in [9.17, 15) is 0 Å². The molecule has 0 aliphatic rings. The van der Waals surface area contributed by atoms with E-state index >= 15 is 0 Å². The van der Waals surface area contributed by atoms with Crippen LogP contribution in [0.1, 0.15) is 51.4 Å². The Morgan fingerprint density at radius 3 is 1.57 bits per heavy atom. The SMILES string of the molecule is OCCCCCCCCCC(Cl)(Cl)Cl. The first-order chi connectivity index (χ1) is 6.56. The summed E-state index contributed by atoms with van der Waals surface area (Å²) in [6, 6.07) is 0. The van der Waals surface area contributed by atoms with E-state index in [1.54, 1.807) is 0 Å². The minimum absolute atomic E-state index is 0.313. The number of halogens is 3.